The van der Waals surface area contributed by atoms with Crippen molar-refractivity contribution in [1.29, 1.82) is 0 Å². The van der Waals surface area contributed by atoms with E-state index in [4.69, 9.17) is 11.6 Å². The van der Waals surface area contributed by atoms with Gasteiger partial charge in [0.15, 0.2) is 0 Å². The summed E-state index contributed by atoms with van der Waals surface area (Å²) in [4.78, 5) is 27.7. The van der Waals surface area contributed by atoms with Crippen molar-refractivity contribution in [3.8, 4) is 0 Å². The van der Waals surface area contributed by atoms with Gasteiger partial charge in [-0.2, -0.15) is 0 Å². The third kappa shape index (κ3) is 2.88. The molecule has 8 heteroatoms. The minimum absolute atomic E-state index is 0.00113. The van der Waals surface area contributed by atoms with E-state index in [-0.39, 0.29) is 29.1 Å². The Hall–Kier alpha value is -1.73. The number of aliphatic hydroxyl groups is 1. The maximum absolute atomic E-state index is 12.4. The van der Waals surface area contributed by atoms with Crippen molar-refractivity contribution in [2.45, 2.75) is 25.3 Å². The van der Waals surface area contributed by atoms with Gasteiger partial charge in [0.05, 0.1) is 23.1 Å². The average molecular weight is 300 g/mol. The number of rotatable bonds is 3. The van der Waals surface area contributed by atoms with Crippen molar-refractivity contribution in [1.82, 2.24) is 9.88 Å². The van der Waals surface area contributed by atoms with E-state index in [9.17, 15) is 20.0 Å². The van der Waals surface area contributed by atoms with Gasteiger partial charge >= 0.3 is 0 Å². The van der Waals surface area contributed by atoms with E-state index < -0.39 is 10.8 Å². The lowest BCUT2D eigenvalue weighted by molar-refractivity contribution is -0.385. The molecule has 1 aliphatic rings. The van der Waals surface area contributed by atoms with Crippen LogP contribution in [0.25, 0.3) is 0 Å². The number of halogens is 1. The number of nitro groups is 1. The monoisotopic (exact) mass is 299 g/mol. The fourth-order valence-corrected chi connectivity index (χ4v) is 2.48. The van der Waals surface area contributed by atoms with Crippen LogP contribution in [0.3, 0.4) is 0 Å². The smallest absolute Gasteiger partial charge is 0.288 e. The van der Waals surface area contributed by atoms with Gasteiger partial charge in [0.2, 0.25) is 0 Å². The predicted octanol–water partition coefficient (Wildman–Crippen LogP) is 1.63. The molecule has 0 aromatic carbocycles. The van der Waals surface area contributed by atoms with E-state index in [0.29, 0.717) is 13.0 Å². The molecule has 108 valence electrons. The number of pyridine rings is 1. The molecule has 1 aliphatic heterocycles. The second-order valence-electron chi connectivity index (χ2n) is 4.62. The summed E-state index contributed by atoms with van der Waals surface area (Å²) in [5.41, 5.74) is -0.281. The van der Waals surface area contributed by atoms with Gasteiger partial charge < -0.3 is 10.0 Å². The van der Waals surface area contributed by atoms with Crippen molar-refractivity contribution in [3.05, 3.63) is 33.1 Å². The molecule has 7 nitrogen and oxygen atoms in total. The van der Waals surface area contributed by atoms with Crippen LogP contribution in [0.2, 0.25) is 5.15 Å². The number of likely N-dealkylation sites (tertiary alicyclic amines) is 1. The Balaban J connectivity index is 2.32. The van der Waals surface area contributed by atoms with E-state index in [0.717, 1.165) is 25.1 Å². The lowest BCUT2D eigenvalue weighted by Gasteiger charge is -2.34. The van der Waals surface area contributed by atoms with Crippen LogP contribution in [0.1, 0.15) is 29.6 Å². The lowest BCUT2D eigenvalue weighted by atomic mass is 10.0. The summed E-state index contributed by atoms with van der Waals surface area (Å²) < 4.78 is 0. The molecule has 0 bridgehead atoms. The number of hydrogen-bond donors (Lipinski definition) is 1. The first-order chi connectivity index (χ1) is 9.54. The van der Waals surface area contributed by atoms with Crippen LogP contribution in [-0.2, 0) is 0 Å². The Morgan fingerprint density at radius 2 is 2.35 bits per heavy atom. The van der Waals surface area contributed by atoms with E-state index in [2.05, 4.69) is 4.98 Å². The first-order valence-corrected chi connectivity index (χ1v) is 6.64. The zero-order valence-corrected chi connectivity index (χ0v) is 11.4. The Bertz CT molecular complexity index is 537. The highest BCUT2D eigenvalue weighted by Gasteiger charge is 2.29. The number of aliphatic hydroxyl groups excluding tert-OH is 1. The SMILES string of the molecule is O=C(c1cc([N+](=O)[O-])cnc1Cl)N1CCCCC1CO. The molecule has 1 atom stereocenters. The summed E-state index contributed by atoms with van der Waals surface area (Å²) in [5.74, 6) is -0.426. The molecule has 1 aromatic heterocycles. The Labute approximate surface area is 120 Å². The van der Waals surface area contributed by atoms with Crippen molar-refractivity contribution in [2.75, 3.05) is 13.2 Å². The van der Waals surface area contributed by atoms with E-state index in [1.165, 1.54) is 4.90 Å². The van der Waals surface area contributed by atoms with Crippen molar-refractivity contribution >= 4 is 23.2 Å². The van der Waals surface area contributed by atoms with Crippen LogP contribution < -0.4 is 0 Å². The second-order valence-corrected chi connectivity index (χ2v) is 4.98. The van der Waals surface area contributed by atoms with Gasteiger partial charge in [-0.05, 0) is 19.3 Å². The average Bonchev–Trinajstić information content (AvgIpc) is 2.46. The maximum Gasteiger partial charge on any atom is 0.288 e. The summed E-state index contributed by atoms with van der Waals surface area (Å²) in [7, 11) is 0. The molecule has 1 unspecified atom stereocenters. The fourth-order valence-electron chi connectivity index (χ4n) is 2.30. The minimum atomic E-state index is -0.625. The number of carbonyl (C=O) groups excluding carboxylic acids is 1. The zero-order chi connectivity index (χ0) is 14.7. The standard InChI is InChI=1S/C12H14ClN3O4/c13-11-10(5-9(6-14-11)16(19)20)12(18)15-4-2-1-3-8(15)7-17/h5-6,8,17H,1-4,7H2. The van der Waals surface area contributed by atoms with Crippen LogP contribution in [-0.4, -0.2) is 45.0 Å². The molecule has 1 fully saturated rings. The van der Waals surface area contributed by atoms with E-state index in [1.54, 1.807) is 0 Å². The van der Waals surface area contributed by atoms with Gasteiger partial charge in [-0.3, -0.25) is 14.9 Å². The quantitative estimate of drug-likeness (QED) is 0.520. The number of amides is 1. The van der Waals surface area contributed by atoms with Gasteiger partial charge in [0.25, 0.3) is 11.6 Å². The number of hydrogen-bond acceptors (Lipinski definition) is 5. The summed E-state index contributed by atoms with van der Waals surface area (Å²) in [6.07, 6.45) is 3.50. The zero-order valence-electron chi connectivity index (χ0n) is 10.7. The summed E-state index contributed by atoms with van der Waals surface area (Å²) >= 11 is 5.86. The van der Waals surface area contributed by atoms with Gasteiger partial charge in [-0.15, -0.1) is 0 Å². The Kier molecular flexibility index (Phi) is 4.51. The molecule has 0 radical (unpaired) electrons. The van der Waals surface area contributed by atoms with Gasteiger partial charge in [-0.25, -0.2) is 4.98 Å². The van der Waals surface area contributed by atoms with Crippen LogP contribution in [0.4, 0.5) is 5.69 Å². The highest BCUT2D eigenvalue weighted by atomic mass is 35.5. The fraction of sp³-hybridized carbons (Fsp3) is 0.500. The lowest BCUT2D eigenvalue weighted by Crippen LogP contribution is -2.45. The highest BCUT2D eigenvalue weighted by Crippen LogP contribution is 2.24. The Morgan fingerprint density at radius 1 is 1.60 bits per heavy atom. The molecule has 2 rings (SSSR count). The van der Waals surface area contributed by atoms with Crippen LogP contribution in [0, 0.1) is 10.1 Å². The first-order valence-electron chi connectivity index (χ1n) is 6.26. The minimum Gasteiger partial charge on any atom is -0.394 e. The maximum atomic E-state index is 12.4. The van der Waals surface area contributed by atoms with Crippen LogP contribution in [0.5, 0.6) is 0 Å². The summed E-state index contributed by atoms with van der Waals surface area (Å²) in [5, 5.41) is 20.0. The number of nitrogens with zero attached hydrogens (tertiary/aromatic N) is 3. The molecular formula is C12H14ClN3O4. The highest BCUT2D eigenvalue weighted by molar-refractivity contribution is 6.32. The van der Waals surface area contributed by atoms with Gasteiger partial charge in [0, 0.05) is 12.6 Å². The third-order valence-corrected chi connectivity index (χ3v) is 3.67. The third-order valence-electron chi connectivity index (χ3n) is 3.36. The first kappa shape index (κ1) is 14.7. The molecule has 1 amide bonds. The van der Waals surface area contributed by atoms with Crippen molar-refractivity contribution in [2.24, 2.45) is 0 Å². The van der Waals surface area contributed by atoms with Gasteiger partial charge in [-0.1, -0.05) is 11.6 Å². The topological polar surface area (TPSA) is 96.6 Å². The van der Waals surface area contributed by atoms with E-state index in [1.807, 2.05) is 0 Å². The van der Waals surface area contributed by atoms with Crippen LogP contribution in [0.15, 0.2) is 12.3 Å². The predicted molar refractivity (Wildman–Crippen MR) is 71.7 cm³/mol. The van der Waals surface area contributed by atoms with E-state index >= 15 is 0 Å². The molecule has 1 saturated heterocycles. The second kappa shape index (κ2) is 6.15. The van der Waals surface area contributed by atoms with Crippen molar-refractivity contribution in [3.63, 3.8) is 0 Å². The molecular weight excluding hydrogens is 286 g/mol. The number of aromatic nitrogens is 1. The number of piperidine rings is 1. The molecule has 20 heavy (non-hydrogen) atoms. The summed E-state index contributed by atoms with van der Waals surface area (Å²) in [6.45, 7) is 0.370. The Morgan fingerprint density at radius 3 is 3.00 bits per heavy atom. The van der Waals surface area contributed by atoms with Crippen molar-refractivity contribution < 1.29 is 14.8 Å². The molecule has 1 aromatic rings. The number of carbonyl (C=O) groups is 1. The van der Waals surface area contributed by atoms with Gasteiger partial charge in [0.1, 0.15) is 11.3 Å². The van der Waals surface area contributed by atoms with Crippen LogP contribution >= 0.6 is 11.6 Å². The molecule has 0 saturated carbocycles. The molecule has 0 spiro atoms. The largest absolute Gasteiger partial charge is 0.394 e. The molecule has 2 heterocycles. The molecule has 0 aliphatic carbocycles. The molecule has 1 N–H and O–H groups in total. The normalized spacial score (nSPS) is 18.9. The summed E-state index contributed by atoms with van der Waals surface area (Å²) in [6, 6.07) is 0.854.